The summed E-state index contributed by atoms with van der Waals surface area (Å²) >= 11 is 1.74. The number of nitrogens with two attached hydrogens (primary N) is 1. The van der Waals surface area contributed by atoms with Crippen molar-refractivity contribution in [2.45, 2.75) is 51.6 Å². The predicted molar refractivity (Wildman–Crippen MR) is 82.7 cm³/mol. The van der Waals surface area contributed by atoms with Crippen LogP contribution in [0.25, 0.3) is 0 Å². The Labute approximate surface area is 125 Å². The molecule has 1 aromatic rings. The number of carbonyl (C=O) groups is 1. The third kappa shape index (κ3) is 5.13. The summed E-state index contributed by atoms with van der Waals surface area (Å²) < 4.78 is 0. The molecule has 5 heteroatoms. The molecule has 3 N–H and O–H groups in total. The number of aryl methyl sites for hydroxylation is 1. The van der Waals surface area contributed by atoms with Gasteiger partial charge in [0.2, 0.25) is 5.91 Å². The second-order valence-electron chi connectivity index (χ2n) is 5.20. The molecule has 19 heavy (non-hydrogen) atoms. The number of rotatable bonds is 4. The van der Waals surface area contributed by atoms with Crippen LogP contribution in [0.1, 0.15) is 41.9 Å². The van der Waals surface area contributed by atoms with E-state index in [1.54, 1.807) is 11.3 Å². The Morgan fingerprint density at radius 3 is 2.79 bits per heavy atom. The van der Waals surface area contributed by atoms with Crippen molar-refractivity contribution in [1.29, 1.82) is 0 Å². The number of carbonyl (C=O) groups excluding carboxylic acids is 1. The summed E-state index contributed by atoms with van der Waals surface area (Å²) in [7, 11) is 0. The molecule has 0 spiro atoms. The topological polar surface area (TPSA) is 55.1 Å². The highest BCUT2D eigenvalue weighted by Crippen LogP contribution is 2.25. The van der Waals surface area contributed by atoms with Gasteiger partial charge in [0.1, 0.15) is 0 Å². The van der Waals surface area contributed by atoms with Crippen LogP contribution in [0.4, 0.5) is 0 Å². The second kappa shape index (κ2) is 7.88. The van der Waals surface area contributed by atoms with Gasteiger partial charge in [0, 0.05) is 22.2 Å². The first-order valence-corrected chi connectivity index (χ1v) is 7.54. The van der Waals surface area contributed by atoms with Crippen molar-refractivity contribution in [3.63, 3.8) is 0 Å². The van der Waals surface area contributed by atoms with Crippen molar-refractivity contribution in [3.05, 3.63) is 21.9 Å². The fourth-order valence-electron chi connectivity index (χ4n) is 2.57. The maximum absolute atomic E-state index is 11.9. The SMILES string of the molecule is Cc1ccc(CNC(=O)CC2CCCCC2N)s1.Cl. The molecular weight excluding hydrogens is 280 g/mol. The molecule has 0 aliphatic heterocycles. The average Bonchev–Trinajstić information content (AvgIpc) is 2.76. The van der Waals surface area contributed by atoms with E-state index in [0.717, 1.165) is 12.8 Å². The highest BCUT2D eigenvalue weighted by molar-refractivity contribution is 7.11. The van der Waals surface area contributed by atoms with Crippen molar-refractivity contribution in [2.24, 2.45) is 11.7 Å². The standard InChI is InChI=1S/C14H22N2OS.ClH/c1-10-6-7-12(18-10)9-16-14(17)8-11-4-2-3-5-13(11)15;/h6-7,11,13H,2-5,8-9,15H2,1H3,(H,16,17);1H. The minimum absolute atomic E-state index is 0. The van der Waals surface area contributed by atoms with Crippen LogP contribution in [0, 0.1) is 12.8 Å². The molecule has 1 heterocycles. The van der Waals surface area contributed by atoms with Gasteiger partial charge in [-0.1, -0.05) is 12.8 Å². The number of hydrogen-bond donors (Lipinski definition) is 2. The van der Waals surface area contributed by atoms with Crippen molar-refractivity contribution in [1.82, 2.24) is 5.32 Å². The van der Waals surface area contributed by atoms with Gasteiger partial charge < -0.3 is 11.1 Å². The molecule has 1 saturated carbocycles. The number of hydrogen-bond acceptors (Lipinski definition) is 3. The van der Waals surface area contributed by atoms with Gasteiger partial charge in [-0.3, -0.25) is 4.79 Å². The molecule has 108 valence electrons. The first kappa shape index (κ1) is 16.5. The Kier molecular flexibility index (Phi) is 6.83. The Balaban J connectivity index is 0.00000180. The summed E-state index contributed by atoms with van der Waals surface area (Å²) in [5.41, 5.74) is 6.06. The molecule has 2 unspecified atom stereocenters. The second-order valence-corrected chi connectivity index (χ2v) is 6.57. The predicted octanol–water partition coefficient (Wildman–Crippen LogP) is 3.00. The van der Waals surface area contributed by atoms with E-state index in [2.05, 4.69) is 24.4 Å². The van der Waals surface area contributed by atoms with Gasteiger partial charge in [-0.25, -0.2) is 0 Å². The van der Waals surface area contributed by atoms with Crippen LogP contribution >= 0.6 is 23.7 Å². The first-order valence-electron chi connectivity index (χ1n) is 6.73. The highest BCUT2D eigenvalue weighted by atomic mass is 35.5. The third-order valence-electron chi connectivity index (χ3n) is 3.67. The van der Waals surface area contributed by atoms with Crippen LogP contribution in [-0.2, 0) is 11.3 Å². The maximum Gasteiger partial charge on any atom is 0.220 e. The number of halogens is 1. The van der Waals surface area contributed by atoms with E-state index in [0.29, 0.717) is 18.9 Å². The number of thiophene rings is 1. The van der Waals surface area contributed by atoms with Gasteiger partial charge in [0.25, 0.3) is 0 Å². The lowest BCUT2D eigenvalue weighted by Gasteiger charge is -2.27. The fraction of sp³-hybridized carbons (Fsp3) is 0.643. The van der Waals surface area contributed by atoms with Crippen molar-refractivity contribution >= 4 is 29.7 Å². The molecule has 0 bridgehead atoms. The Morgan fingerprint density at radius 1 is 1.42 bits per heavy atom. The molecule has 0 saturated heterocycles. The molecule has 0 radical (unpaired) electrons. The molecular formula is C14H23ClN2OS. The van der Waals surface area contributed by atoms with E-state index in [-0.39, 0.29) is 24.4 Å². The van der Waals surface area contributed by atoms with E-state index < -0.39 is 0 Å². The van der Waals surface area contributed by atoms with Crippen molar-refractivity contribution in [2.75, 3.05) is 0 Å². The van der Waals surface area contributed by atoms with Gasteiger partial charge in [-0.15, -0.1) is 23.7 Å². The summed E-state index contributed by atoms with van der Waals surface area (Å²) in [6.45, 7) is 2.73. The first-order chi connectivity index (χ1) is 8.65. The van der Waals surface area contributed by atoms with Crippen LogP contribution in [0.15, 0.2) is 12.1 Å². The Bertz CT molecular complexity index is 408. The normalized spacial score (nSPS) is 22.6. The summed E-state index contributed by atoms with van der Waals surface area (Å²) in [6, 6.07) is 4.38. The van der Waals surface area contributed by atoms with Crippen molar-refractivity contribution < 1.29 is 4.79 Å². The molecule has 0 aromatic carbocycles. The van der Waals surface area contributed by atoms with E-state index in [4.69, 9.17) is 5.73 Å². The third-order valence-corrected chi connectivity index (χ3v) is 4.67. The van der Waals surface area contributed by atoms with Crippen LogP contribution in [-0.4, -0.2) is 11.9 Å². The molecule has 3 nitrogen and oxygen atoms in total. The highest BCUT2D eigenvalue weighted by Gasteiger charge is 2.23. The van der Waals surface area contributed by atoms with Crippen LogP contribution in [0.2, 0.25) is 0 Å². The van der Waals surface area contributed by atoms with Crippen LogP contribution < -0.4 is 11.1 Å². The van der Waals surface area contributed by atoms with Crippen LogP contribution in [0.3, 0.4) is 0 Å². The Hall–Kier alpha value is -0.580. The number of nitrogens with one attached hydrogen (secondary N) is 1. The molecule has 1 amide bonds. The summed E-state index contributed by atoms with van der Waals surface area (Å²) in [5.74, 6) is 0.521. The van der Waals surface area contributed by atoms with Gasteiger partial charge in [-0.05, 0) is 37.8 Å². The van der Waals surface area contributed by atoms with Crippen LogP contribution in [0.5, 0.6) is 0 Å². The molecule has 2 rings (SSSR count). The maximum atomic E-state index is 11.9. The van der Waals surface area contributed by atoms with E-state index in [1.165, 1.54) is 22.6 Å². The van der Waals surface area contributed by atoms with Gasteiger partial charge in [0.15, 0.2) is 0 Å². The van der Waals surface area contributed by atoms with E-state index in [9.17, 15) is 4.79 Å². The number of amides is 1. The summed E-state index contributed by atoms with van der Waals surface area (Å²) in [4.78, 5) is 14.4. The van der Waals surface area contributed by atoms with E-state index in [1.807, 2.05) is 0 Å². The Morgan fingerprint density at radius 2 is 2.16 bits per heavy atom. The van der Waals surface area contributed by atoms with Gasteiger partial charge in [0.05, 0.1) is 6.54 Å². The zero-order valence-corrected chi connectivity index (χ0v) is 13.0. The van der Waals surface area contributed by atoms with Crippen molar-refractivity contribution in [3.8, 4) is 0 Å². The lowest BCUT2D eigenvalue weighted by atomic mass is 9.83. The lowest BCUT2D eigenvalue weighted by molar-refractivity contribution is -0.122. The average molecular weight is 303 g/mol. The lowest BCUT2D eigenvalue weighted by Crippen LogP contribution is -2.36. The monoisotopic (exact) mass is 302 g/mol. The zero-order valence-electron chi connectivity index (χ0n) is 11.4. The molecule has 1 fully saturated rings. The molecule has 1 aliphatic carbocycles. The molecule has 1 aromatic heterocycles. The summed E-state index contributed by atoms with van der Waals surface area (Å²) in [6.07, 6.45) is 5.20. The quantitative estimate of drug-likeness (QED) is 0.898. The largest absolute Gasteiger partial charge is 0.351 e. The molecule has 1 aliphatic rings. The van der Waals surface area contributed by atoms with Gasteiger partial charge in [-0.2, -0.15) is 0 Å². The molecule has 2 atom stereocenters. The smallest absolute Gasteiger partial charge is 0.220 e. The van der Waals surface area contributed by atoms with E-state index >= 15 is 0 Å². The minimum atomic E-state index is 0. The van der Waals surface area contributed by atoms with Gasteiger partial charge >= 0.3 is 0 Å². The minimum Gasteiger partial charge on any atom is -0.351 e. The summed E-state index contributed by atoms with van der Waals surface area (Å²) in [5, 5.41) is 3.00. The zero-order chi connectivity index (χ0) is 13.0. The fourth-order valence-corrected chi connectivity index (χ4v) is 3.40.